The molecule has 0 fully saturated rings. The summed E-state index contributed by atoms with van der Waals surface area (Å²) in [7, 11) is 3.14. The second kappa shape index (κ2) is 9.10. The number of aliphatic carboxylic acids is 1. The number of nitrogens with zero attached hydrogens (tertiary/aromatic N) is 1. The highest BCUT2D eigenvalue weighted by Gasteiger charge is 2.15. The quantitative estimate of drug-likeness (QED) is 0.707. The van der Waals surface area contributed by atoms with Crippen LogP contribution in [-0.2, 0) is 14.3 Å². The highest BCUT2D eigenvalue weighted by Crippen LogP contribution is 2.25. The Labute approximate surface area is 123 Å². The minimum Gasteiger partial charge on any atom is -0.478 e. The van der Waals surface area contributed by atoms with Gasteiger partial charge in [0.05, 0.1) is 18.9 Å². The Bertz CT molecular complexity index is 483. The number of ether oxygens (including phenoxy) is 2. The van der Waals surface area contributed by atoms with Gasteiger partial charge in [-0.25, -0.2) is 9.18 Å². The zero-order valence-electron chi connectivity index (χ0n) is 12.2. The van der Waals surface area contributed by atoms with Crippen molar-refractivity contribution in [3.8, 4) is 0 Å². The zero-order valence-corrected chi connectivity index (χ0v) is 12.2. The molecule has 0 saturated carbocycles. The zero-order chi connectivity index (χ0) is 15.7. The largest absolute Gasteiger partial charge is 0.478 e. The lowest BCUT2D eigenvalue weighted by molar-refractivity contribution is -0.131. The first kappa shape index (κ1) is 17.1. The maximum absolute atomic E-state index is 14.2. The Morgan fingerprint density at radius 3 is 2.43 bits per heavy atom. The van der Waals surface area contributed by atoms with Crippen LogP contribution in [-0.4, -0.2) is 51.6 Å². The molecule has 0 bridgehead atoms. The molecular weight excluding hydrogens is 277 g/mol. The van der Waals surface area contributed by atoms with Crippen LogP contribution in [0.2, 0.25) is 0 Å². The van der Waals surface area contributed by atoms with E-state index in [4.69, 9.17) is 14.6 Å². The van der Waals surface area contributed by atoms with Gasteiger partial charge in [0.2, 0.25) is 0 Å². The second-order valence-electron chi connectivity index (χ2n) is 4.32. The highest BCUT2D eigenvalue weighted by molar-refractivity contribution is 5.87. The SMILES string of the molecule is COCCN(CCOC)c1c(F)cccc1/C=C/C(=O)O. The molecule has 0 atom stereocenters. The maximum atomic E-state index is 14.2. The van der Waals surface area contributed by atoms with Crippen LogP contribution in [0.1, 0.15) is 5.56 Å². The first-order chi connectivity index (χ1) is 10.1. The van der Waals surface area contributed by atoms with Gasteiger partial charge >= 0.3 is 5.97 Å². The van der Waals surface area contributed by atoms with Crippen LogP contribution >= 0.6 is 0 Å². The number of halogens is 1. The molecular formula is C15H20FNO4. The number of benzene rings is 1. The van der Waals surface area contributed by atoms with E-state index in [-0.39, 0.29) is 0 Å². The number of hydrogen-bond donors (Lipinski definition) is 1. The number of rotatable bonds is 9. The van der Waals surface area contributed by atoms with E-state index in [9.17, 15) is 9.18 Å². The molecule has 0 unspecified atom stereocenters. The van der Waals surface area contributed by atoms with Crippen LogP contribution in [0.3, 0.4) is 0 Å². The summed E-state index contributed by atoms with van der Waals surface area (Å²) in [5, 5.41) is 8.72. The summed E-state index contributed by atoms with van der Waals surface area (Å²) in [6.07, 6.45) is 2.37. The first-order valence-electron chi connectivity index (χ1n) is 6.52. The minimum atomic E-state index is -1.08. The summed E-state index contributed by atoms with van der Waals surface area (Å²) < 4.78 is 24.2. The van der Waals surface area contributed by atoms with Crippen molar-refractivity contribution in [2.24, 2.45) is 0 Å². The maximum Gasteiger partial charge on any atom is 0.328 e. The van der Waals surface area contributed by atoms with Crippen molar-refractivity contribution < 1.29 is 23.8 Å². The van der Waals surface area contributed by atoms with E-state index in [2.05, 4.69) is 0 Å². The Morgan fingerprint density at radius 1 is 1.29 bits per heavy atom. The third-order valence-corrected chi connectivity index (χ3v) is 2.87. The van der Waals surface area contributed by atoms with E-state index in [1.54, 1.807) is 31.3 Å². The van der Waals surface area contributed by atoms with Gasteiger partial charge in [-0.2, -0.15) is 0 Å². The molecule has 1 N–H and O–H groups in total. The number of hydrogen-bond acceptors (Lipinski definition) is 4. The molecule has 5 nitrogen and oxygen atoms in total. The number of anilines is 1. The van der Waals surface area contributed by atoms with Crippen molar-refractivity contribution in [2.75, 3.05) is 45.4 Å². The number of carboxylic acid groups (broad SMARTS) is 1. The lowest BCUT2D eigenvalue weighted by atomic mass is 10.1. The van der Waals surface area contributed by atoms with Crippen LogP contribution < -0.4 is 4.90 Å². The van der Waals surface area contributed by atoms with Gasteiger partial charge in [-0.05, 0) is 12.1 Å². The van der Waals surface area contributed by atoms with Crippen molar-refractivity contribution in [3.63, 3.8) is 0 Å². The van der Waals surface area contributed by atoms with E-state index in [1.807, 2.05) is 0 Å². The van der Waals surface area contributed by atoms with Gasteiger partial charge in [-0.15, -0.1) is 0 Å². The highest BCUT2D eigenvalue weighted by atomic mass is 19.1. The number of carbonyl (C=O) groups is 1. The van der Waals surface area contributed by atoms with Crippen molar-refractivity contribution in [2.45, 2.75) is 0 Å². The monoisotopic (exact) mass is 297 g/mol. The molecule has 0 spiro atoms. The van der Waals surface area contributed by atoms with Crippen molar-refractivity contribution in [3.05, 3.63) is 35.7 Å². The normalized spacial score (nSPS) is 11.0. The van der Waals surface area contributed by atoms with Crippen LogP contribution in [0.15, 0.2) is 24.3 Å². The smallest absolute Gasteiger partial charge is 0.328 e. The van der Waals surface area contributed by atoms with Gasteiger partial charge < -0.3 is 19.5 Å². The molecule has 0 radical (unpaired) electrons. The Morgan fingerprint density at radius 2 is 1.90 bits per heavy atom. The molecule has 0 aromatic heterocycles. The third-order valence-electron chi connectivity index (χ3n) is 2.87. The molecule has 1 aromatic rings. The molecule has 0 heterocycles. The van der Waals surface area contributed by atoms with E-state index < -0.39 is 11.8 Å². The molecule has 1 rings (SSSR count). The van der Waals surface area contributed by atoms with Crippen LogP contribution in [0, 0.1) is 5.82 Å². The van der Waals surface area contributed by atoms with E-state index in [0.717, 1.165) is 6.08 Å². The summed E-state index contributed by atoms with van der Waals surface area (Å²) in [5.74, 6) is -1.49. The average molecular weight is 297 g/mol. The van der Waals surface area contributed by atoms with Gasteiger partial charge in [-0.3, -0.25) is 0 Å². The van der Waals surface area contributed by atoms with Crippen LogP contribution in [0.4, 0.5) is 10.1 Å². The first-order valence-corrected chi connectivity index (χ1v) is 6.52. The fourth-order valence-corrected chi connectivity index (χ4v) is 1.90. The fraction of sp³-hybridized carbons (Fsp3) is 0.400. The summed E-state index contributed by atoms with van der Waals surface area (Å²) in [6, 6.07) is 4.57. The topological polar surface area (TPSA) is 59.0 Å². The Kier molecular flexibility index (Phi) is 7.42. The third kappa shape index (κ3) is 5.53. The molecule has 21 heavy (non-hydrogen) atoms. The van der Waals surface area contributed by atoms with Gasteiger partial charge in [0, 0.05) is 38.9 Å². The standard InChI is InChI=1S/C15H20FNO4/c1-20-10-8-17(9-11-21-2)15-12(6-7-14(18)19)4-3-5-13(15)16/h3-7H,8-11H2,1-2H3,(H,18,19)/b7-6+. The van der Waals surface area contributed by atoms with Crippen LogP contribution in [0.5, 0.6) is 0 Å². The fourth-order valence-electron chi connectivity index (χ4n) is 1.90. The molecule has 0 saturated heterocycles. The lowest BCUT2D eigenvalue weighted by Gasteiger charge is -2.26. The predicted octanol–water partition coefficient (Wildman–Crippen LogP) is 2.02. The molecule has 0 aliphatic heterocycles. The van der Waals surface area contributed by atoms with Gasteiger partial charge in [0.1, 0.15) is 5.82 Å². The van der Waals surface area contributed by atoms with Crippen molar-refractivity contribution in [1.82, 2.24) is 0 Å². The van der Waals surface area contributed by atoms with Gasteiger partial charge in [-0.1, -0.05) is 12.1 Å². The molecule has 0 aliphatic carbocycles. The predicted molar refractivity (Wildman–Crippen MR) is 79.0 cm³/mol. The van der Waals surface area contributed by atoms with Gasteiger partial charge in [0.25, 0.3) is 0 Å². The Hall–Kier alpha value is -1.92. The summed E-state index contributed by atoms with van der Waals surface area (Å²) >= 11 is 0. The minimum absolute atomic E-state index is 0.351. The number of methoxy groups -OCH3 is 2. The summed E-state index contributed by atoms with van der Waals surface area (Å²) in [6.45, 7) is 1.82. The summed E-state index contributed by atoms with van der Waals surface area (Å²) in [5.41, 5.74) is 0.855. The summed E-state index contributed by atoms with van der Waals surface area (Å²) in [4.78, 5) is 12.4. The Balaban J connectivity index is 3.11. The van der Waals surface area contributed by atoms with E-state index in [1.165, 1.54) is 12.1 Å². The van der Waals surface area contributed by atoms with Crippen molar-refractivity contribution in [1.29, 1.82) is 0 Å². The molecule has 0 aliphatic rings. The van der Waals surface area contributed by atoms with Crippen LogP contribution in [0.25, 0.3) is 6.08 Å². The molecule has 1 aromatic carbocycles. The van der Waals surface area contributed by atoms with E-state index >= 15 is 0 Å². The average Bonchev–Trinajstić information content (AvgIpc) is 2.46. The van der Waals surface area contributed by atoms with Crippen molar-refractivity contribution >= 4 is 17.7 Å². The van der Waals surface area contributed by atoms with E-state index in [0.29, 0.717) is 37.6 Å². The molecule has 116 valence electrons. The molecule has 0 amide bonds. The lowest BCUT2D eigenvalue weighted by Crippen LogP contribution is -2.32. The number of carboxylic acids is 1. The number of para-hydroxylation sites is 1. The molecule has 6 heteroatoms. The second-order valence-corrected chi connectivity index (χ2v) is 4.32. The van der Waals surface area contributed by atoms with Gasteiger partial charge in [0.15, 0.2) is 0 Å².